The molecule has 154 valence electrons. The molecule has 0 fully saturated rings. The minimum Gasteiger partial charge on any atom is -0.454 e. The number of nitrogens with one attached hydrogen (secondary N) is 1. The van der Waals surface area contributed by atoms with Crippen LogP contribution < -0.4 is 14.8 Å². The van der Waals surface area contributed by atoms with Crippen molar-refractivity contribution >= 4 is 17.7 Å². The Bertz CT molecular complexity index is 1080. The summed E-state index contributed by atoms with van der Waals surface area (Å²) in [5.74, 6) is 1.60. The lowest BCUT2D eigenvalue weighted by molar-refractivity contribution is -0.118. The van der Waals surface area contributed by atoms with Gasteiger partial charge in [0.2, 0.25) is 17.9 Å². The molecule has 5 rings (SSSR count). The number of tetrazole rings is 1. The number of nitrogens with zero attached hydrogens (tertiary/aromatic N) is 4. The van der Waals surface area contributed by atoms with Crippen molar-refractivity contribution < 1.29 is 14.3 Å². The van der Waals surface area contributed by atoms with Crippen LogP contribution in [-0.4, -0.2) is 38.7 Å². The third kappa shape index (κ3) is 3.85. The number of benzene rings is 2. The van der Waals surface area contributed by atoms with Crippen molar-refractivity contribution in [3.05, 3.63) is 53.1 Å². The van der Waals surface area contributed by atoms with Crippen LogP contribution in [0.2, 0.25) is 0 Å². The van der Waals surface area contributed by atoms with Gasteiger partial charge in [0.15, 0.2) is 11.5 Å². The van der Waals surface area contributed by atoms with Crippen molar-refractivity contribution in [3.8, 4) is 17.2 Å². The summed E-state index contributed by atoms with van der Waals surface area (Å²) in [6, 6.07) is 11.9. The molecule has 1 amide bonds. The minimum absolute atomic E-state index is 0.0812. The third-order valence-corrected chi connectivity index (χ3v) is 6.22. The van der Waals surface area contributed by atoms with Gasteiger partial charge in [-0.05, 0) is 71.0 Å². The number of ether oxygens (including phenoxy) is 2. The smallest absolute Gasteiger partial charge is 0.231 e. The van der Waals surface area contributed by atoms with Gasteiger partial charge in [-0.25, -0.2) is 0 Å². The molecule has 0 radical (unpaired) electrons. The van der Waals surface area contributed by atoms with E-state index >= 15 is 0 Å². The molecule has 3 aromatic rings. The van der Waals surface area contributed by atoms with Crippen molar-refractivity contribution in [1.29, 1.82) is 0 Å². The monoisotopic (exact) mass is 423 g/mol. The van der Waals surface area contributed by atoms with Gasteiger partial charge < -0.3 is 14.8 Å². The van der Waals surface area contributed by atoms with Crippen molar-refractivity contribution in [3.63, 3.8) is 0 Å². The van der Waals surface area contributed by atoms with Crippen LogP contribution >= 0.6 is 11.8 Å². The normalized spacial score (nSPS) is 14.4. The SMILES string of the molecule is O=C(CSc1nnnn1-c1cccc2c1CCCC2)NCc1ccc2c(c1)OCO2. The van der Waals surface area contributed by atoms with E-state index in [9.17, 15) is 4.79 Å². The molecule has 0 saturated carbocycles. The fourth-order valence-corrected chi connectivity index (χ4v) is 4.53. The summed E-state index contributed by atoms with van der Waals surface area (Å²) < 4.78 is 12.4. The first-order valence-corrected chi connectivity index (χ1v) is 10.9. The van der Waals surface area contributed by atoms with E-state index in [1.54, 1.807) is 4.68 Å². The number of aromatic nitrogens is 4. The molecule has 0 saturated heterocycles. The van der Waals surface area contributed by atoms with Crippen LogP contribution in [0.1, 0.15) is 29.5 Å². The molecule has 2 aliphatic rings. The van der Waals surface area contributed by atoms with E-state index in [0.717, 1.165) is 29.8 Å². The van der Waals surface area contributed by atoms with Crippen molar-refractivity contribution in [2.75, 3.05) is 12.5 Å². The predicted molar refractivity (Wildman–Crippen MR) is 111 cm³/mol. The zero-order valence-corrected chi connectivity index (χ0v) is 17.2. The fraction of sp³-hybridized carbons (Fsp3) is 0.333. The van der Waals surface area contributed by atoms with Gasteiger partial charge in [-0.1, -0.05) is 30.0 Å². The highest BCUT2D eigenvalue weighted by Gasteiger charge is 2.18. The zero-order valence-electron chi connectivity index (χ0n) is 16.3. The number of carbonyl (C=O) groups is 1. The van der Waals surface area contributed by atoms with E-state index in [-0.39, 0.29) is 18.5 Å². The Kier molecular flexibility index (Phi) is 5.27. The highest BCUT2D eigenvalue weighted by Crippen LogP contribution is 2.32. The highest BCUT2D eigenvalue weighted by atomic mass is 32.2. The number of thioether (sulfide) groups is 1. The van der Waals surface area contributed by atoms with Gasteiger partial charge in [0.05, 0.1) is 11.4 Å². The number of hydrogen-bond acceptors (Lipinski definition) is 7. The second-order valence-electron chi connectivity index (χ2n) is 7.25. The molecule has 1 aliphatic heterocycles. The molecule has 8 nitrogen and oxygen atoms in total. The Morgan fingerprint density at radius 1 is 1.13 bits per heavy atom. The highest BCUT2D eigenvalue weighted by molar-refractivity contribution is 7.99. The minimum atomic E-state index is -0.0812. The molecule has 0 unspecified atom stereocenters. The fourth-order valence-electron chi connectivity index (χ4n) is 3.81. The Balaban J connectivity index is 1.22. The predicted octanol–water partition coefficient (Wildman–Crippen LogP) is 2.68. The van der Waals surface area contributed by atoms with Crippen LogP contribution in [0.15, 0.2) is 41.6 Å². The van der Waals surface area contributed by atoms with Gasteiger partial charge in [-0.15, -0.1) is 5.10 Å². The Hall–Kier alpha value is -3.07. The van der Waals surface area contributed by atoms with Crippen LogP contribution in [0.3, 0.4) is 0 Å². The van der Waals surface area contributed by atoms with E-state index in [1.165, 1.54) is 35.7 Å². The van der Waals surface area contributed by atoms with E-state index in [0.29, 0.717) is 17.5 Å². The molecule has 1 aromatic heterocycles. The van der Waals surface area contributed by atoms with E-state index in [4.69, 9.17) is 9.47 Å². The Labute approximate surface area is 177 Å². The maximum Gasteiger partial charge on any atom is 0.231 e. The van der Waals surface area contributed by atoms with Gasteiger partial charge in [-0.2, -0.15) is 4.68 Å². The lowest BCUT2D eigenvalue weighted by atomic mass is 9.90. The van der Waals surface area contributed by atoms with Gasteiger partial charge >= 0.3 is 0 Å². The number of aryl methyl sites for hydroxylation is 1. The molecular formula is C21H21N5O3S. The standard InChI is InChI=1S/C21H21N5O3S/c27-20(22-11-14-8-9-18-19(10-14)29-13-28-18)12-30-21-23-24-25-26(21)17-7-3-5-15-4-1-2-6-16(15)17/h3,5,7-10H,1-2,4,6,11-13H2,(H,22,27). The molecular weight excluding hydrogens is 402 g/mol. The number of amides is 1. The van der Waals surface area contributed by atoms with Crippen LogP contribution in [0.25, 0.3) is 5.69 Å². The van der Waals surface area contributed by atoms with Gasteiger partial charge in [-0.3, -0.25) is 4.79 Å². The summed E-state index contributed by atoms with van der Waals surface area (Å²) in [4.78, 5) is 12.4. The van der Waals surface area contributed by atoms with Crippen LogP contribution in [-0.2, 0) is 24.2 Å². The summed E-state index contributed by atoms with van der Waals surface area (Å²) in [5, 5.41) is 15.7. The average molecular weight is 423 g/mol. The molecule has 1 aliphatic carbocycles. The molecule has 1 N–H and O–H groups in total. The summed E-state index contributed by atoms with van der Waals surface area (Å²) in [6.07, 6.45) is 4.52. The van der Waals surface area contributed by atoms with Gasteiger partial charge in [0.1, 0.15) is 0 Å². The molecule has 0 atom stereocenters. The summed E-state index contributed by atoms with van der Waals surface area (Å²) in [7, 11) is 0. The number of rotatable bonds is 6. The van der Waals surface area contributed by atoms with E-state index in [1.807, 2.05) is 30.3 Å². The van der Waals surface area contributed by atoms with Crippen molar-refractivity contribution in [2.45, 2.75) is 37.4 Å². The van der Waals surface area contributed by atoms with Crippen LogP contribution in [0.5, 0.6) is 11.5 Å². The van der Waals surface area contributed by atoms with Gasteiger partial charge in [0, 0.05) is 6.54 Å². The summed E-state index contributed by atoms with van der Waals surface area (Å²) in [6.45, 7) is 0.661. The van der Waals surface area contributed by atoms with Crippen molar-refractivity contribution in [1.82, 2.24) is 25.5 Å². The number of carbonyl (C=O) groups excluding carboxylic acids is 1. The lowest BCUT2D eigenvalue weighted by Crippen LogP contribution is -2.24. The average Bonchev–Trinajstić information content (AvgIpc) is 3.44. The second-order valence-corrected chi connectivity index (χ2v) is 8.19. The lowest BCUT2D eigenvalue weighted by Gasteiger charge is -2.19. The topological polar surface area (TPSA) is 91.2 Å². The van der Waals surface area contributed by atoms with E-state index in [2.05, 4.69) is 26.9 Å². The van der Waals surface area contributed by atoms with Gasteiger partial charge in [0.25, 0.3) is 0 Å². The number of hydrogen-bond donors (Lipinski definition) is 1. The largest absolute Gasteiger partial charge is 0.454 e. The number of fused-ring (bicyclic) bond motifs is 2. The van der Waals surface area contributed by atoms with Crippen LogP contribution in [0.4, 0.5) is 0 Å². The molecule has 9 heteroatoms. The van der Waals surface area contributed by atoms with E-state index < -0.39 is 0 Å². The van der Waals surface area contributed by atoms with Crippen molar-refractivity contribution in [2.24, 2.45) is 0 Å². The summed E-state index contributed by atoms with van der Waals surface area (Å²) in [5.41, 5.74) is 4.65. The molecule has 0 bridgehead atoms. The maximum atomic E-state index is 12.4. The quantitative estimate of drug-likeness (QED) is 0.610. The first kappa shape index (κ1) is 18.9. The van der Waals surface area contributed by atoms with Crippen LogP contribution in [0, 0.1) is 0 Å². The Morgan fingerprint density at radius 3 is 3.00 bits per heavy atom. The molecule has 30 heavy (non-hydrogen) atoms. The molecule has 2 heterocycles. The molecule has 0 spiro atoms. The second kappa shape index (κ2) is 8.35. The first-order chi connectivity index (χ1) is 14.8. The zero-order chi connectivity index (χ0) is 20.3. The first-order valence-electron chi connectivity index (χ1n) is 9.95. The third-order valence-electron chi connectivity index (χ3n) is 5.30. The molecule has 2 aromatic carbocycles. The maximum absolute atomic E-state index is 12.4. The Morgan fingerprint density at radius 2 is 2.03 bits per heavy atom. The summed E-state index contributed by atoms with van der Waals surface area (Å²) >= 11 is 1.33.